The van der Waals surface area contributed by atoms with E-state index in [9.17, 15) is 9.90 Å². The van der Waals surface area contributed by atoms with Crippen LogP contribution in [0.5, 0.6) is 5.75 Å². The van der Waals surface area contributed by atoms with Crippen molar-refractivity contribution < 1.29 is 14.3 Å². The molecule has 21 heavy (non-hydrogen) atoms. The minimum absolute atomic E-state index is 0.446. The maximum Gasteiger partial charge on any atom is 0.417 e. The molecule has 1 heterocycles. The molecule has 0 aliphatic heterocycles. The van der Waals surface area contributed by atoms with Crippen LogP contribution in [-0.4, -0.2) is 17.2 Å². The van der Waals surface area contributed by atoms with E-state index in [0.29, 0.717) is 23.1 Å². The largest absolute Gasteiger partial charge is 0.497 e. The number of nitrogens with one attached hydrogen (secondary N) is 1. The molecule has 108 valence electrons. The lowest BCUT2D eigenvalue weighted by Crippen LogP contribution is -2.01. The van der Waals surface area contributed by atoms with Crippen molar-refractivity contribution in [1.29, 1.82) is 0 Å². The molecule has 0 amide bonds. The molecule has 1 atom stereocenters. The number of oxazole rings is 1. The fourth-order valence-corrected chi connectivity index (χ4v) is 2.31. The maximum absolute atomic E-state index is 11.1. The third-order valence-electron chi connectivity index (χ3n) is 3.39. The van der Waals surface area contributed by atoms with Crippen molar-refractivity contribution in [3.63, 3.8) is 0 Å². The zero-order valence-electron chi connectivity index (χ0n) is 11.5. The summed E-state index contributed by atoms with van der Waals surface area (Å²) in [7, 11) is 1.61. The van der Waals surface area contributed by atoms with Crippen molar-refractivity contribution in [2.45, 2.75) is 12.5 Å². The van der Waals surface area contributed by atoms with Crippen molar-refractivity contribution in [2.75, 3.05) is 7.11 Å². The Kier molecular flexibility index (Phi) is 3.50. The smallest absolute Gasteiger partial charge is 0.417 e. The van der Waals surface area contributed by atoms with Gasteiger partial charge in [0, 0.05) is 6.42 Å². The Morgan fingerprint density at radius 1 is 1.29 bits per heavy atom. The predicted molar refractivity (Wildman–Crippen MR) is 78.5 cm³/mol. The highest BCUT2D eigenvalue weighted by atomic mass is 16.5. The fraction of sp³-hybridized carbons (Fsp3) is 0.188. The quantitative estimate of drug-likeness (QED) is 0.772. The van der Waals surface area contributed by atoms with Crippen molar-refractivity contribution in [3.05, 3.63) is 64.1 Å². The second kappa shape index (κ2) is 5.46. The van der Waals surface area contributed by atoms with Gasteiger partial charge in [0.1, 0.15) is 5.75 Å². The molecule has 0 bridgehead atoms. The number of methoxy groups -OCH3 is 1. The van der Waals surface area contributed by atoms with Gasteiger partial charge in [0.05, 0.1) is 18.7 Å². The molecule has 5 nitrogen and oxygen atoms in total. The monoisotopic (exact) mass is 285 g/mol. The van der Waals surface area contributed by atoms with Gasteiger partial charge in [-0.3, -0.25) is 4.98 Å². The van der Waals surface area contributed by atoms with Crippen LogP contribution in [0, 0.1) is 0 Å². The van der Waals surface area contributed by atoms with Gasteiger partial charge in [-0.05, 0) is 35.4 Å². The number of aromatic nitrogens is 1. The van der Waals surface area contributed by atoms with Crippen LogP contribution >= 0.6 is 0 Å². The van der Waals surface area contributed by atoms with Gasteiger partial charge in [0.25, 0.3) is 0 Å². The van der Waals surface area contributed by atoms with Crippen LogP contribution in [-0.2, 0) is 6.42 Å². The normalized spacial score (nSPS) is 12.5. The molecule has 1 aromatic heterocycles. The summed E-state index contributed by atoms with van der Waals surface area (Å²) in [6.45, 7) is 0. The van der Waals surface area contributed by atoms with E-state index in [2.05, 4.69) is 4.98 Å². The standard InChI is InChI=1S/C16H15NO4/c1-20-12-4-2-3-10(7-12)8-14(18)11-5-6-13-15(9-11)21-16(19)17-13/h2-7,9,14,18H,8H2,1H3,(H,17,19). The van der Waals surface area contributed by atoms with Crippen LogP contribution in [0.3, 0.4) is 0 Å². The molecule has 0 radical (unpaired) electrons. The number of fused-ring (bicyclic) bond motifs is 1. The summed E-state index contributed by atoms with van der Waals surface area (Å²) in [4.78, 5) is 13.7. The fourth-order valence-electron chi connectivity index (χ4n) is 2.31. The number of aromatic amines is 1. The number of ether oxygens (including phenoxy) is 1. The van der Waals surface area contributed by atoms with Crippen molar-refractivity contribution in [3.8, 4) is 5.75 Å². The third-order valence-corrected chi connectivity index (χ3v) is 3.39. The molecular weight excluding hydrogens is 270 g/mol. The molecule has 2 N–H and O–H groups in total. The van der Waals surface area contributed by atoms with E-state index in [1.165, 1.54) is 0 Å². The van der Waals surface area contributed by atoms with E-state index in [1.54, 1.807) is 25.3 Å². The minimum atomic E-state index is -0.679. The van der Waals surface area contributed by atoms with Gasteiger partial charge in [-0.2, -0.15) is 0 Å². The lowest BCUT2D eigenvalue weighted by atomic mass is 10.0. The summed E-state index contributed by atoms with van der Waals surface area (Å²) < 4.78 is 10.2. The number of aliphatic hydroxyl groups is 1. The first-order valence-electron chi connectivity index (χ1n) is 6.59. The van der Waals surface area contributed by atoms with Gasteiger partial charge in [0.2, 0.25) is 0 Å². The first-order valence-corrected chi connectivity index (χ1v) is 6.59. The highest BCUT2D eigenvalue weighted by molar-refractivity contribution is 5.72. The van der Waals surface area contributed by atoms with Crippen LogP contribution in [0.1, 0.15) is 17.2 Å². The number of hydrogen-bond acceptors (Lipinski definition) is 4. The first-order chi connectivity index (χ1) is 10.2. The maximum atomic E-state index is 11.1. The van der Waals surface area contributed by atoms with Crippen LogP contribution in [0.25, 0.3) is 11.1 Å². The van der Waals surface area contributed by atoms with Crippen molar-refractivity contribution in [2.24, 2.45) is 0 Å². The molecule has 2 aromatic carbocycles. The Hall–Kier alpha value is -2.53. The highest BCUT2D eigenvalue weighted by Gasteiger charge is 2.11. The molecule has 0 fully saturated rings. The van der Waals surface area contributed by atoms with E-state index in [4.69, 9.17) is 9.15 Å². The number of hydrogen-bond donors (Lipinski definition) is 2. The summed E-state index contributed by atoms with van der Waals surface area (Å²) in [5, 5.41) is 10.3. The zero-order chi connectivity index (χ0) is 14.8. The van der Waals surface area contributed by atoms with Gasteiger partial charge < -0.3 is 14.3 Å². The SMILES string of the molecule is COc1cccc(CC(O)c2ccc3[nH]c(=O)oc3c2)c1. The lowest BCUT2D eigenvalue weighted by molar-refractivity contribution is 0.178. The van der Waals surface area contributed by atoms with Gasteiger partial charge >= 0.3 is 5.76 Å². The van der Waals surface area contributed by atoms with Crippen molar-refractivity contribution >= 4 is 11.1 Å². The van der Waals surface area contributed by atoms with Crippen LogP contribution < -0.4 is 10.5 Å². The summed E-state index contributed by atoms with van der Waals surface area (Å²) >= 11 is 0. The van der Waals surface area contributed by atoms with Gasteiger partial charge in [0.15, 0.2) is 5.58 Å². The Balaban J connectivity index is 1.85. The molecule has 3 rings (SSSR count). The second-order valence-corrected chi connectivity index (χ2v) is 4.84. The first kappa shape index (κ1) is 13.5. The Labute approximate surface area is 120 Å². The Morgan fingerprint density at radius 3 is 2.95 bits per heavy atom. The predicted octanol–water partition coefficient (Wildman–Crippen LogP) is 2.41. The zero-order valence-corrected chi connectivity index (χ0v) is 11.5. The molecule has 0 aliphatic carbocycles. The summed E-state index contributed by atoms with van der Waals surface area (Å²) in [5.41, 5.74) is 2.74. The van der Waals surface area contributed by atoms with Crippen LogP contribution in [0.2, 0.25) is 0 Å². The van der Waals surface area contributed by atoms with E-state index >= 15 is 0 Å². The summed E-state index contributed by atoms with van der Waals surface area (Å²) in [6, 6.07) is 12.7. The van der Waals surface area contributed by atoms with Crippen LogP contribution in [0.4, 0.5) is 0 Å². The van der Waals surface area contributed by atoms with E-state index in [0.717, 1.165) is 11.3 Å². The summed E-state index contributed by atoms with van der Waals surface area (Å²) in [5.74, 6) is 0.260. The number of H-pyrrole nitrogens is 1. The minimum Gasteiger partial charge on any atom is -0.497 e. The molecule has 0 aliphatic rings. The number of benzene rings is 2. The summed E-state index contributed by atoms with van der Waals surface area (Å²) in [6.07, 6.45) is -0.223. The van der Waals surface area contributed by atoms with Crippen molar-refractivity contribution in [1.82, 2.24) is 4.98 Å². The van der Waals surface area contributed by atoms with Gasteiger partial charge in [-0.1, -0.05) is 18.2 Å². The molecule has 0 spiro atoms. The topological polar surface area (TPSA) is 75.5 Å². The second-order valence-electron chi connectivity index (χ2n) is 4.84. The third kappa shape index (κ3) is 2.83. The highest BCUT2D eigenvalue weighted by Crippen LogP contribution is 2.23. The average Bonchev–Trinajstić information content (AvgIpc) is 2.86. The van der Waals surface area contributed by atoms with E-state index < -0.39 is 11.9 Å². The number of rotatable bonds is 4. The molecule has 3 aromatic rings. The van der Waals surface area contributed by atoms with E-state index in [1.807, 2.05) is 24.3 Å². The Morgan fingerprint density at radius 2 is 2.14 bits per heavy atom. The average molecular weight is 285 g/mol. The van der Waals surface area contributed by atoms with E-state index in [-0.39, 0.29) is 0 Å². The molecule has 0 saturated heterocycles. The van der Waals surface area contributed by atoms with Gasteiger partial charge in [-0.25, -0.2) is 4.79 Å². The molecule has 0 saturated carbocycles. The van der Waals surface area contributed by atoms with Gasteiger partial charge in [-0.15, -0.1) is 0 Å². The molecule has 5 heteroatoms. The lowest BCUT2D eigenvalue weighted by Gasteiger charge is -2.11. The van der Waals surface area contributed by atoms with Crippen LogP contribution in [0.15, 0.2) is 51.7 Å². The number of aliphatic hydroxyl groups excluding tert-OH is 1. The molecule has 1 unspecified atom stereocenters. The molecular formula is C16H15NO4. The Bertz CT molecular complexity index is 818.